The minimum absolute atomic E-state index is 0.00240. The number of alkyl carbamates (subject to hydrolysis) is 1. The lowest BCUT2D eigenvalue weighted by atomic mass is 10.1. The Morgan fingerprint density at radius 2 is 2.00 bits per heavy atom. The summed E-state index contributed by atoms with van der Waals surface area (Å²) in [6.45, 7) is 5.04. The molecule has 0 heterocycles. The van der Waals surface area contributed by atoms with Crippen molar-refractivity contribution < 1.29 is 24.5 Å². The second-order valence-electron chi connectivity index (χ2n) is 5.63. The monoisotopic (exact) mass is 296 g/mol. The molecule has 7 heteroatoms. The number of nitrogens with two attached hydrogens (primary N) is 1. The molecule has 1 aromatic carbocycles. The fourth-order valence-corrected chi connectivity index (χ4v) is 1.60. The van der Waals surface area contributed by atoms with Crippen molar-refractivity contribution >= 4 is 17.7 Å². The molecule has 0 saturated carbocycles. The molecule has 1 rings (SSSR count). The van der Waals surface area contributed by atoms with E-state index in [2.05, 4.69) is 5.32 Å². The molecule has 7 nitrogen and oxygen atoms in total. The first kappa shape index (κ1) is 16.6. The van der Waals surface area contributed by atoms with Crippen molar-refractivity contribution in [2.24, 2.45) is 0 Å². The number of ether oxygens (including phenoxy) is 1. The second kappa shape index (κ2) is 6.34. The molecule has 1 atom stereocenters. The molecule has 0 fully saturated rings. The number of phenols is 1. The van der Waals surface area contributed by atoms with Gasteiger partial charge in [-0.3, -0.25) is 0 Å². The first-order chi connectivity index (χ1) is 9.58. The number of rotatable bonds is 4. The first-order valence-electron chi connectivity index (χ1n) is 6.38. The van der Waals surface area contributed by atoms with Crippen LogP contribution in [0.3, 0.4) is 0 Å². The molecule has 1 aromatic rings. The predicted molar refractivity (Wildman–Crippen MR) is 77.0 cm³/mol. The molecule has 21 heavy (non-hydrogen) atoms. The van der Waals surface area contributed by atoms with Gasteiger partial charge in [0, 0.05) is 6.42 Å². The molecular formula is C14H20N2O5. The third kappa shape index (κ3) is 5.60. The number of carbonyl (C=O) groups is 2. The molecule has 0 spiro atoms. The third-order valence-corrected chi connectivity index (χ3v) is 2.52. The van der Waals surface area contributed by atoms with Crippen LogP contribution in [0.25, 0.3) is 0 Å². The molecule has 0 radical (unpaired) electrons. The lowest BCUT2D eigenvalue weighted by Crippen LogP contribution is -2.44. The van der Waals surface area contributed by atoms with Gasteiger partial charge in [-0.2, -0.15) is 0 Å². The van der Waals surface area contributed by atoms with Crippen LogP contribution in [0.1, 0.15) is 26.3 Å². The molecule has 0 aliphatic rings. The number of hydrogen-bond donors (Lipinski definition) is 4. The zero-order chi connectivity index (χ0) is 16.2. The number of aromatic hydroxyl groups is 1. The van der Waals surface area contributed by atoms with Gasteiger partial charge >= 0.3 is 12.1 Å². The number of carboxylic acid groups (broad SMARTS) is 1. The molecule has 0 bridgehead atoms. The van der Waals surface area contributed by atoms with Crippen molar-refractivity contribution in [3.8, 4) is 5.75 Å². The SMILES string of the molecule is CC(C)(C)OC(=O)N[C@@H](Cc1ccc(N)c(O)c1)C(=O)O. The van der Waals surface area contributed by atoms with Crippen LogP contribution >= 0.6 is 0 Å². The quantitative estimate of drug-likeness (QED) is 0.493. The van der Waals surface area contributed by atoms with Gasteiger partial charge in [-0.1, -0.05) is 6.07 Å². The van der Waals surface area contributed by atoms with Crippen LogP contribution in [-0.2, 0) is 16.0 Å². The summed E-state index contributed by atoms with van der Waals surface area (Å²) < 4.78 is 5.02. The first-order valence-corrected chi connectivity index (χ1v) is 6.38. The summed E-state index contributed by atoms with van der Waals surface area (Å²) in [7, 11) is 0. The standard InChI is InChI=1S/C14H20N2O5/c1-14(2,3)21-13(20)16-10(12(18)19)6-8-4-5-9(15)11(17)7-8/h4-5,7,10,17H,6,15H2,1-3H3,(H,16,20)(H,18,19)/t10-/m0/s1. The molecule has 0 aromatic heterocycles. The number of amides is 1. The number of phenolic OH excluding ortho intramolecular Hbond substituents is 1. The van der Waals surface area contributed by atoms with Gasteiger partial charge in [-0.15, -0.1) is 0 Å². The highest BCUT2D eigenvalue weighted by molar-refractivity contribution is 5.80. The number of aliphatic carboxylic acids is 1. The average Bonchev–Trinajstić information content (AvgIpc) is 2.30. The molecule has 116 valence electrons. The number of nitrogens with one attached hydrogen (secondary N) is 1. The van der Waals surface area contributed by atoms with E-state index in [0.717, 1.165) is 0 Å². The lowest BCUT2D eigenvalue weighted by molar-refractivity contribution is -0.139. The Bertz CT molecular complexity index is 537. The van der Waals surface area contributed by atoms with E-state index in [9.17, 15) is 14.7 Å². The van der Waals surface area contributed by atoms with Crippen molar-refractivity contribution in [1.82, 2.24) is 5.32 Å². The molecule has 0 saturated heterocycles. The molecular weight excluding hydrogens is 276 g/mol. The van der Waals surface area contributed by atoms with Crippen LogP contribution in [-0.4, -0.2) is 33.9 Å². The van der Waals surface area contributed by atoms with E-state index in [1.165, 1.54) is 12.1 Å². The Morgan fingerprint density at radius 1 is 1.38 bits per heavy atom. The van der Waals surface area contributed by atoms with E-state index in [1.54, 1.807) is 26.8 Å². The van der Waals surface area contributed by atoms with Crippen LogP contribution < -0.4 is 11.1 Å². The highest BCUT2D eigenvalue weighted by Gasteiger charge is 2.24. The van der Waals surface area contributed by atoms with Crippen LogP contribution in [0.5, 0.6) is 5.75 Å². The zero-order valence-corrected chi connectivity index (χ0v) is 12.2. The summed E-state index contributed by atoms with van der Waals surface area (Å²) >= 11 is 0. The molecule has 5 N–H and O–H groups in total. The summed E-state index contributed by atoms with van der Waals surface area (Å²) in [4.78, 5) is 22.8. The van der Waals surface area contributed by atoms with Crippen molar-refractivity contribution in [3.05, 3.63) is 23.8 Å². The van der Waals surface area contributed by atoms with Gasteiger partial charge in [-0.05, 0) is 38.5 Å². The van der Waals surface area contributed by atoms with Gasteiger partial charge in [0.05, 0.1) is 5.69 Å². The summed E-state index contributed by atoms with van der Waals surface area (Å²) in [6, 6.07) is 3.25. The smallest absolute Gasteiger partial charge is 0.408 e. The summed E-state index contributed by atoms with van der Waals surface area (Å²) in [5.74, 6) is -1.33. The summed E-state index contributed by atoms with van der Waals surface area (Å²) in [5, 5.41) is 20.9. The maximum atomic E-state index is 11.6. The molecule has 0 aliphatic heterocycles. The van der Waals surface area contributed by atoms with Crippen LogP contribution in [0.4, 0.5) is 10.5 Å². The highest BCUT2D eigenvalue weighted by Crippen LogP contribution is 2.21. The highest BCUT2D eigenvalue weighted by atomic mass is 16.6. The van der Waals surface area contributed by atoms with E-state index in [-0.39, 0.29) is 17.9 Å². The van der Waals surface area contributed by atoms with Gasteiger partial charge in [0.25, 0.3) is 0 Å². The second-order valence-corrected chi connectivity index (χ2v) is 5.63. The van der Waals surface area contributed by atoms with Crippen LogP contribution in [0.15, 0.2) is 18.2 Å². The Hall–Kier alpha value is -2.44. The molecule has 1 amide bonds. The maximum absolute atomic E-state index is 11.6. The zero-order valence-electron chi connectivity index (χ0n) is 12.2. The van der Waals surface area contributed by atoms with E-state index in [0.29, 0.717) is 5.56 Å². The van der Waals surface area contributed by atoms with Crippen molar-refractivity contribution in [3.63, 3.8) is 0 Å². The van der Waals surface area contributed by atoms with E-state index < -0.39 is 23.7 Å². The normalized spacial score (nSPS) is 12.5. The molecule has 0 unspecified atom stereocenters. The van der Waals surface area contributed by atoms with Gasteiger partial charge in [-0.25, -0.2) is 9.59 Å². The number of carbonyl (C=O) groups excluding carboxylic acids is 1. The van der Waals surface area contributed by atoms with Gasteiger partial charge in [0.1, 0.15) is 17.4 Å². The van der Waals surface area contributed by atoms with E-state index in [1.807, 2.05) is 0 Å². The average molecular weight is 296 g/mol. The van der Waals surface area contributed by atoms with E-state index in [4.69, 9.17) is 15.6 Å². The fraction of sp³-hybridized carbons (Fsp3) is 0.429. The van der Waals surface area contributed by atoms with Gasteiger partial charge in [0.15, 0.2) is 0 Å². The minimum atomic E-state index is -1.20. The van der Waals surface area contributed by atoms with Gasteiger partial charge < -0.3 is 26.0 Å². The summed E-state index contributed by atoms with van der Waals surface area (Å²) in [5.41, 5.74) is 5.49. The minimum Gasteiger partial charge on any atom is -0.506 e. The van der Waals surface area contributed by atoms with Crippen LogP contribution in [0, 0.1) is 0 Å². The third-order valence-electron chi connectivity index (χ3n) is 2.52. The Balaban J connectivity index is 2.76. The van der Waals surface area contributed by atoms with Gasteiger partial charge in [0.2, 0.25) is 0 Å². The number of carboxylic acids is 1. The Morgan fingerprint density at radius 3 is 2.48 bits per heavy atom. The predicted octanol–water partition coefficient (Wildman–Crippen LogP) is 1.49. The largest absolute Gasteiger partial charge is 0.506 e. The van der Waals surface area contributed by atoms with Crippen molar-refractivity contribution in [2.45, 2.75) is 38.8 Å². The summed E-state index contributed by atoms with van der Waals surface area (Å²) in [6.07, 6.45) is -0.808. The number of anilines is 1. The van der Waals surface area contributed by atoms with E-state index >= 15 is 0 Å². The molecule has 0 aliphatic carbocycles. The number of benzene rings is 1. The Kier molecular flexibility index (Phi) is 5.02. The number of nitrogen functional groups attached to an aromatic ring is 1. The van der Waals surface area contributed by atoms with Crippen LogP contribution in [0.2, 0.25) is 0 Å². The van der Waals surface area contributed by atoms with Crippen molar-refractivity contribution in [1.29, 1.82) is 0 Å². The fourth-order valence-electron chi connectivity index (χ4n) is 1.60. The topological polar surface area (TPSA) is 122 Å². The number of hydrogen-bond acceptors (Lipinski definition) is 5. The lowest BCUT2D eigenvalue weighted by Gasteiger charge is -2.22. The van der Waals surface area contributed by atoms with Crippen molar-refractivity contribution in [2.75, 3.05) is 5.73 Å². The Labute approximate surface area is 122 Å². The maximum Gasteiger partial charge on any atom is 0.408 e.